The summed E-state index contributed by atoms with van der Waals surface area (Å²) in [5, 5.41) is 11.0. The van der Waals surface area contributed by atoms with E-state index in [1.165, 1.54) is 0 Å². The van der Waals surface area contributed by atoms with E-state index in [1.807, 2.05) is 0 Å². The maximum Gasteiger partial charge on any atom is 0.225 e. The Morgan fingerprint density at radius 2 is 1.67 bits per heavy atom. The van der Waals surface area contributed by atoms with Crippen LogP contribution in [0.3, 0.4) is 0 Å². The topological polar surface area (TPSA) is 58.4 Å². The molecule has 0 spiro atoms. The van der Waals surface area contributed by atoms with Gasteiger partial charge in [-0.3, -0.25) is 0 Å². The molecule has 1 aromatic rings. The summed E-state index contributed by atoms with van der Waals surface area (Å²) in [6.45, 7) is 0. The maximum absolute atomic E-state index is 8.20. The van der Waals surface area contributed by atoms with Crippen LogP contribution < -0.4 is 0 Å². The van der Waals surface area contributed by atoms with Gasteiger partial charge in [0.2, 0.25) is 5.28 Å². The van der Waals surface area contributed by atoms with E-state index in [0.717, 1.165) is 6.21 Å². The standard InChI is InChI=1S/C5H2Cl3N3O/c6-3-2(1-9-12)4(7)11-5(8)10-3/h1,12H/b9-1-. The van der Waals surface area contributed by atoms with Gasteiger partial charge in [-0.1, -0.05) is 28.4 Å². The molecule has 0 radical (unpaired) electrons. The SMILES string of the molecule is O/N=C\c1c(Cl)nc(Cl)nc1Cl. The number of halogens is 3. The fraction of sp³-hybridized carbons (Fsp3) is 0. The van der Waals surface area contributed by atoms with E-state index in [0.29, 0.717) is 0 Å². The van der Waals surface area contributed by atoms with Gasteiger partial charge in [0.1, 0.15) is 10.3 Å². The van der Waals surface area contributed by atoms with Gasteiger partial charge in [-0.25, -0.2) is 9.97 Å². The smallest absolute Gasteiger partial charge is 0.225 e. The Hall–Kier alpha value is -0.580. The molecule has 0 saturated heterocycles. The van der Waals surface area contributed by atoms with Crippen LogP contribution in [0.4, 0.5) is 0 Å². The van der Waals surface area contributed by atoms with Crippen molar-refractivity contribution in [2.75, 3.05) is 0 Å². The minimum Gasteiger partial charge on any atom is -0.411 e. The Kier molecular flexibility index (Phi) is 3.08. The molecule has 0 bridgehead atoms. The average molecular weight is 226 g/mol. The van der Waals surface area contributed by atoms with E-state index in [-0.39, 0.29) is 21.2 Å². The zero-order valence-electron chi connectivity index (χ0n) is 5.50. The zero-order valence-corrected chi connectivity index (χ0v) is 7.77. The Morgan fingerprint density at radius 1 is 1.17 bits per heavy atom. The predicted octanol–water partition coefficient (Wildman–Crippen LogP) is 2.24. The van der Waals surface area contributed by atoms with E-state index >= 15 is 0 Å². The molecular weight excluding hydrogens is 224 g/mol. The molecule has 0 aliphatic carbocycles. The van der Waals surface area contributed by atoms with Gasteiger partial charge in [-0.05, 0) is 11.6 Å². The first kappa shape index (κ1) is 9.51. The van der Waals surface area contributed by atoms with Crippen LogP contribution in [0, 0.1) is 0 Å². The van der Waals surface area contributed by atoms with Crippen molar-refractivity contribution in [3.05, 3.63) is 21.2 Å². The van der Waals surface area contributed by atoms with Gasteiger partial charge in [0.15, 0.2) is 0 Å². The summed E-state index contributed by atoms with van der Waals surface area (Å²) in [4.78, 5) is 7.17. The molecule has 0 unspecified atom stereocenters. The highest BCUT2D eigenvalue weighted by Gasteiger charge is 2.08. The van der Waals surface area contributed by atoms with Gasteiger partial charge < -0.3 is 5.21 Å². The molecule has 0 fully saturated rings. The number of nitrogens with zero attached hydrogens (tertiary/aromatic N) is 3. The molecule has 7 heteroatoms. The van der Waals surface area contributed by atoms with Crippen LogP contribution in [0.25, 0.3) is 0 Å². The first-order valence-electron chi connectivity index (χ1n) is 2.71. The first-order valence-corrected chi connectivity index (χ1v) is 3.84. The third-order valence-corrected chi connectivity index (χ3v) is 1.76. The number of rotatable bonds is 1. The summed E-state index contributed by atoms with van der Waals surface area (Å²) in [5.41, 5.74) is 0.227. The molecular formula is C5H2Cl3N3O. The van der Waals surface area contributed by atoms with Gasteiger partial charge in [-0.2, -0.15) is 0 Å². The molecule has 0 saturated carbocycles. The number of hydrogen-bond acceptors (Lipinski definition) is 4. The highest BCUT2D eigenvalue weighted by molar-refractivity contribution is 6.38. The minimum absolute atomic E-state index is 0.0396. The number of hydrogen-bond donors (Lipinski definition) is 1. The van der Waals surface area contributed by atoms with Crippen LogP contribution in [-0.4, -0.2) is 21.4 Å². The lowest BCUT2D eigenvalue weighted by Crippen LogP contribution is -1.93. The second kappa shape index (κ2) is 3.89. The monoisotopic (exact) mass is 225 g/mol. The number of aromatic nitrogens is 2. The van der Waals surface area contributed by atoms with Crippen LogP contribution >= 0.6 is 34.8 Å². The highest BCUT2D eigenvalue weighted by atomic mass is 35.5. The van der Waals surface area contributed by atoms with Crippen LogP contribution in [0.1, 0.15) is 5.56 Å². The van der Waals surface area contributed by atoms with Crippen molar-refractivity contribution in [3.63, 3.8) is 0 Å². The summed E-state index contributed by atoms with van der Waals surface area (Å²) >= 11 is 16.6. The fourth-order valence-corrected chi connectivity index (χ4v) is 1.30. The van der Waals surface area contributed by atoms with Gasteiger partial charge in [0.05, 0.1) is 11.8 Å². The third-order valence-electron chi connectivity index (χ3n) is 1.01. The van der Waals surface area contributed by atoms with Crippen LogP contribution in [-0.2, 0) is 0 Å². The lowest BCUT2D eigenvalue weighted by molar-refractivity contribution is 0.322. The van der Waals surface area contributed by atoms with Crippen molar-refractivity contribution in [1.82, 2.24) is 9.97 Å². The molecule has 64 valence electrons. The predicted molar refractivity (Wildman–Crippen MR) is 46.4 cm³/mol. The molecule has 1 heterocycles. The second-order valence-corrected chi connectivity index (χ2v) is 2.79. The van der Waals surface area contributed by atoms with Crippen molar-refractivity contribution < 1.29 is 5.21 Å². The number of oxime groups is 1. The van der Waals surface area contributed by atoms with Crippen molar-refractivity contribution in [2.45, 2.75) is 0 Å². The maximum atomic E-state index is 8.20. The summed E-state index contributed by atoms with van der Waals surface area (Å²) in [5.74, 6) is 0. The fourth-order valence-electron chi connectivity index (χ4n) is 0.557. The molecule has 1 N–H and O–H groups in total. The Balaban J connectivity index is 3.28. The first-order chi connectivity index (χ1) is 5.65. The van der Waals surface area contributed by atoms with Crippen molar-refractivity contribution in [2.24, 2.45) is 5.16 Å². The van der Waals surface area contributed by atoms with E-state index in [4.69, 9.17) is 40.0 Å². The van der Waals surface area contributed by atoms with Crippen LogP contribution in [0.15, 0.2) is 5.16 Å². The van der Waals surface area contributed by atoms with E-state index in [2.05, 4.69) is 15.1 Å². The lowest BCUT2D eigenvalue weighted by atomic mass is 10.4. The summed E-state index contributed by atoms with van der Waals surface area (Å²) in [6.07, 6.45) is 1.03. The summed E-state index contributed by atoms with van der Waals surface area (Å²) < 4.78 is 0. The Morgan fingerprint density at radius 3 is 2.08 bits per heavy atom. The van der Waals surface area contributed by atoms with Crippen molar-refractivity contribution >= 4 is 41.0 Å². The molecule has 0 atom stereocenters. The van der Waals surface area contributed by atoms with E-state index in [9.17, 15) is 0 Å². The van der Waals surface area contributed by atoms with Gasteiger partial charge in [0.25, 0.3) is 0 Å². The molecule has 1 aromatic heterocycles. The molecule has 0 amide bonds. The average Bonchev–Trinajstić information content (AvgIpc) is 1.96. The third kappa shape index (κ3) is 1.97. The van der Waals surface area contributed by atoms with Gasteiger partial charge in [-0.15, -0.1) is 0 Å². The van der Waals surface area contributed by atoms with Crippen molar-refractivity contribution in [3.8, 4) is 0 Å². The largest absolute Gasteiger partial charge is 0.411 e. The lowest BCUT2D eigenvalue weighted by Gasteiger charge is -1.98. The quantitative estimate of drug-likeness (QED) is 0.263. The van der Waals surface area contributed by atoms with E-state index < -0.39 is 0 Å². The van der Waals surface area contributed by atoms with Crippen LogP contribution in [0.2, 0.25) is 15.6 Å². The van der Waals surface area contributed by atoms with Crippen LogP contribution in [0.5, 0.6) is 0 Å². The molecule has 0 aromatic carbocycles. The molecule has 1 rings (SSSR count). The van der Waals surface area contributed by atoms with Gasteiger partial charge >= 0.3 is 0 Å². The normalized spacial score (nSPS) is 10.9. The molecule has 0 aliphatic heterocycles. The summed E-state index contributed by atoms with van der Waals surface area (Å²) in [7, 11) is 0. The molecule has 4 nitrogen and oxygen atoms in total. The Bertz CT molecular complexity index is 305. The molecule has 12 heavy (non-hydrogen) atoms. The molecule has 0 aliphatic rings. The minimum atomic E-state index is -0.0555. The zero-order chi connectivity index (χ0) is 9.14. The summed E-state index contributed by atoms with van der Waals surface area (Å²) in [6, 6.07) is 0. The highest BCUT2D eigenvalue weighted by Crippen LogP contribution is 2.20. The van der Waals surface area contributed by atoms with E-state index in [1.54, 1.807) is 0 Å². The second-order valence-electron chi connectivity index (χ2n) is 1.73. The van der Waals surface area contributed by atoms with Gasteiger partial charge in [0, 0.05) is 0 Å². The Labute approximate surface area is 82.8 Å². The van der Waals surface area contributed by atoms with Crippen molar-refractivity contribution in [1.29, 1.82) is 0 Å².